The van der Waals surface area contributed by atoms with Crippen LogP contribution in [0.1, 0.15) is 44.2 Å². The minimum Gasteiger partial charge on any atom is -0.480 e. The molecule has 3 rings (SSSR count). The van der Waals surface area contributed by atoms with Crippen LogP contribution in [-0.2, 0) is 60.8 Å². The van der Waals surface area contributed by atoms with Gasteiger partial charge in [0.1, 0.15) is 42.3 Å². The van der Waals surface area contributed by atoms with E-state index in [4.69, 9.17) is 10.8 Å². The van der Waals surface area contributed by atoms with E-state index in [-0.39, 0.29) is 24.3 Å². The molecular formula is C42H58N10O12S2. The molecule has 0 bridgehead atoms. The van der Waals surface area contributed by atoms with Crippen molar-refractivity contribution in [3.05, 3.63) is 71.8 Å². The smallest absolute Gasteiger partial charge is 0.327 e. The molecule has 0 spiro atoms. The molecule has 9 amide bonds. The van der Waals surface area contributed by atoms with E-state index in [1.54, 1.807) is 60.7 Å². The summed E-state index contributed by atoms with van der Waals surface area (Å²) in [5, 5.41) is 41.9. The highest BCUT2D eigenvalue weighted by molar-refractivity contribution is 7.80. The maximum atomic E-state index is 13.7. The fourth-order valence-electron chi connectivity index (χ4n) is 6.49. The standard InChI is InChI=1S/C42H58N10O12S2/c1-22(35(56)48-28(17-25-12-7-4-8-13-25)39(60)52-34(23(2)53)41(62)45-19-33(55)47-31(21-66)42(63)64)46-37(58)29(18-32(43)54)50-40(61)30(20-65)51-38(59)27(16-24-10-5-3-6-11-24)49-36(57)26-14-9-15-44-26/h3-8,10-13,22-23,26-31,34,44,53,65-66H,9,14-21H2,1-2H3,(H2,43,54)(H,45,62)(H,46,58)(H,47,55)(H,48,56)(H,49,57)(H,50,61)(H,51,59)(H,52,60)(H,63,64). The monoisotopic (exact) mass is 958 g/mol. The highest BCUT2D eigenvalue weighted by Crippen LogP contribution is 2.10. The van der Waals surface area contributed by atoms with Crippen LogP contribution in [0.15, 0.2) is 60.7 Å². The molecule has 66 heavy (non-hydrogen) atoms. The number of hydrogen-bond donors (Lipinski definition) is 14. The van der Waals surface area contributed by atoms with E-state index in [1.165, 1.54) is 13.8 Å². The Morgan fingerprint density at radius 1 is 0.652 bits per heavy atom. The van der Waals surface area contributed by atoms with Crippen molar-refractivity contribution >= 4 is 84.4 Å². The quantitative estimate of drug-likeness (QED) is 0.0400. The maximum Gasteiger partial charge on any atom is 0.327 e. The molecule has 0 saturated carbocycles. The van der Waals surface area contributed by atoms with Crippen molar-refractivity contribution in [3.63, 3.8) is 0 Å². The molecule has 24 heteroatoms. The summed E-state index contributed by atoms with van der Waals surface area (Å²) in [6.07, 6.45) is -0.984. The summed E-state index contributed by atoms with van der Waals surface area (Å²) in [7, 11) is 0. The van der Waals surface area contributed by atoms with Crippen molar-refractivity contribution in [2.45, 2.75) is 100 Å². The van der Waals surface area contributed by atoms with E-state index in [0.29, 0.717) is 18.5 Å². The van der Waals surface area contributed by atoms with Crippen LogP contribution in [0, 0.1) is 0 Å². The van der Waals surface area contributed by atoms with E-state index in [1.807, 2.05) is 0 Å². The second-order valence-electron chi connectivity index (χ2n) is 15.4. The normalized spacial score (nSPS) is 16.8. The lowest BCUT2D eigenvalue weighted by Gasteiger charge is -2.27. The van der Waals surface area contributed by atoms with Crippen LogP contribution in [0.4, 0.5) is 0 Å². The molecule has 1 fully saturated rings. The minimum atomic E-state index is -1.67. The molecule has 1 aliphatic rings. The number of primary amides is 1. The van der Waals surface area contributed by atoms with Crippen molar-refractivity contribution in [2.75, 3.05) is 24.6 Å². The molecule has 2 aromatic rings. The summed E-state index contributed by atoms with van der Waals surface area (Å²) < 4.78 is 0. The first-order chi connectivity index (χ1) is 31.3. The van der Waals surface area contributed by atoms with Gasteiger partial charge in [-0.15, -0.1) is 0 Å². The summed E-state index contributed by atoms with van der Waals surface area (Å²) >= 11 is 8.06. The summed E-state index contributed by atoms with van der Waals surface area (Å²) in [6.45, 7) is 2.35. The molecule has 1 saturated heterocycles. The number of carboxylic acid groups (broad SMARTS) is 1. The summed E-state index contributed by atoms with van der Waals surface area (Å²) in [5.41, 5.74) is 6.68. The lowest BCUT2D eigenvalue weighted by atomic mass is 10.0. The second-order valence-corrected chi connectivity index (χ2v) is 16.2. The maximum absolute atomic E-state index is 13.7. The van der Waals surface area contributed by atoms with Gasteiger partial charge in [-0.1, -0.05) is 60.7 Å². The number of benzene rings is 2. The van der Waals surface area contributed by atoms with Gasteiger partial charge in [0.15, 0.2) is 0 Å². The Morgan fingerprint density at radius 3 is 1.65 bits per heavy atom. The zero-order valence-electron chi connectivity index (χ0n) is 36.3. The number of nitrogens with two attached hydrogens (primary N) is 1. The van der Waals surface area contributed by atoms with Crippen molar-refractivity contribution in [2.24, 2.45) is 5.73 Å². The summed E-state index contributed by atoms with van der Waals surface area (Å²) in [4.78, 5) is 130. The zero-order valence-corrected chi connectivity index (χ0v) is 38.1. The van der Waals surface area contributed by atoms with Crippen LogP contribution in [0.5, 0.6) is 0 Å². The van der Waals surface area contributed by atoms with Crippen LogP contribution in [0.3, 0.4) is 0 Å². The van der Waals surface area contributed by atoms with Gasteiger partial charge in [-0.3, -0.25) is 43.2 Å². The minimum absolute atomic E-state index is 0.0816. The van der Waals surface area contributed by atoms with Gasteiger partial charge >= 0.3 is 5.97 Å². The number of aliphatic carboxylic acids is 1. The number of aliphatic hydroxyl groups excluding tert-OH is 1. The van der Waals surface area contributed by atoms with Gasteiger partial charge < -0.3 is 63.8 Å². The van der Waals surface area contributed by atoms with Crippen molar-refractivity contribution in [3.8, 4) is 0 Å². The van der Waals surface area contributed by atoms with Gasteiger partial charge in [0.05, 0.1) is 25.1 Å². The average Bonchev–Trinajstić information content (AvgIpc) is 3.83. The molecule has 360 valence electrons. The number of aliphatic hydroxyl groups is 1. The van der Waals surface area contributed by atoms with Gasteiger partial charge in [0.25, 0.3) is 0 Å². The molecule has 0 radical (unpaired) electrons. The van der Waals surface area contributed by atoms with Crippen LogP contribution in [0.25, 0.3) is 0 Å². The van der Waals surface area contributed by atoms with Gasteiger partial charge in [0, 0.05) is 24.3 Å². The zero-order chi connectivity index (χ0) is 48.9. The summed E-state index contributed by atoms with van der Waals surface area (Å²) in [5.74, 6) is -9.80. The predicted molar refractivity (Wildman–Crippen MR) is 244 cm³/mol. The first kappa shape index (κ1) is 54.1. The van der Waals surface area contributed by atoms with E-state index in [9.17, 15) is 53.1 Å². The van der Waals surface area contributed by atoms with E-state index in [2.05, 4.69) is 73.1 Å². The molecule has 9 unspecified atom stereocenters. The van der Waals surface area contributed by atoms with Crippen LogP contribution in [-0.4, -0.2) is 148 Å². The largest absolute Gasteiger partial charge is 0.480 e. The molecule has 1 aliphatic heterocycles. The van der Waals surface area contributed by atoms with E-state index >= 15 is 0 Å². The molecule has 0 aliphatic carbocycles. The van der Waals surface area contributed by atoms with Gasteiger partial charge in [0.2, 0.25) is 53.2 Å². The van der Waals surface area contributed by atoms with Crippen LogP contribution < -0.4 is 53.6 Å². The van der Waals surface area contributed by atoms with Crippen molar-refractivity contribution in [1.82, 2.24) is 47.9 Å². The number of carbonyl (C=O) groups excluding carboxylic acids is 9. The number of hydrogen-bond acceptors (Lipinski definition) is 14. The number of rotatable bonds is 26. The van der Waals surface area contributed by atoms with Gasteiger partial charge in [-0.2, -0.15) is 25.3 Å². The van der Waals surface area contributed by atoms with E-state index in [0.717, 1.165) is 12.0 Å². The number of carbonyl (C=O) groups is 10. The Bertz CT molecular complexity index is 2030. The Labute approximate surface area is 391 Å². The predicted octanol–water partition coefficient (Wildman–Crippen LogP) is -4.05. The molecule has 2 aromatic carbocycles. The van der Waals surface area contributed by atoms with Crippen molar-refractivity contribution < 1.29 is 58.2 Å². The molecule has 22 nitrogen and oxygen atoms in total. The first-order valence-electron chi connectivity index (χ1n) is 20.9. The van der Waals surface area contributed by atoms with Crippen LogP contribution >= 0.6 is 25.3 Å². The average molecular weight is 959 g/mol. The fourth-order valence-corrected chi connectivity index (χ4v) is 7.00. The fraction of sp³-hybridized carbons (Fsp3) is 0.476. The molecule has 9 atom stereocenters. The first-order valence-corrected chi connectivity index (χ1v) is 22.2. The van der Waals surface area contributed by atoms with Crippen LogP contribution in [0.2, 0.25) is 0 Å². The van der Waals surface area contributed by atoms with E-state index < -0.39 is 127 Å². The van der Waals surface area contributed by atoms with Crippen molar-refractivity contribution in [1.29, 1.82) is 0 Å². The number of carboxylic acids is 1. The lowest BCUT2D eigenvalue weighted by Crippen LogP contribution is -2.61. The third-order valence-electron chi connectivity index (χ3n) is 10.1. The third kappa shape index (κ3) is 18.0. The Morgan fingerprint density at radius 2 is 1.15 bits per heavy atom. The highest BCUT2D eigenvalue weighted by Gasteiger charge is 2.35. The lowest BCUT2D eigenvalue weighted by molar-refractivity contribution is -0.141. The second kappa shape index (κ2) is 27.3. The molecular weight excluding hydrogens is 901 g/mol. The number of thiol groups is 2. The van der Waals surface area contributed by atoms with Gasteiger partial charge in [-0.25, -0.2) is 4.79 Å². The third-order valence-corrected chi connectivity index (χ3v) is 10.8. The number of nitrogens with one attached hydrogen (secondary N) is 9. The topological polar surface area (TPSA) is 345 Å². The molecule has 0 aromatic heterocycles. The number of amides is 9. The summed E-state index contributed by atoms with van der Waals surface area (Å²) in [6, 6.07) is 6.66. The highest BCUT2D eigenvalue weighted by atomic mass is 32.1. The van der Waals surface area contributed by atoms with Gasteiger partial charge in [-0.05, 0) is 44.4 Å². The Hall–Kier alpha value is -6.24. The Balaban J connectivity index is 1.71. The molecule has 1 heterocycles. The molecule has 13 N–H and O–H groups in total. The Kier molecular flexibility index (Phi) is 22.4. The SMILES string of the molecule is CC(NC(=O)C(CC(N)=O)NC(=O)C(CS)NC(=O)C(Cc1ccccc1)NC(=O)C1CCCN1)C(=O)NC(Cc1ccccc1)C(=O)NC(C(=O)NCC(=O)NC(CS)C(=O)O)C(C)O.